The Balaban J connectivity index is 1.71. The van der Waals surface area contributed by atoms with Crippen molar-refractivity contribution in [2.45, 2.75) is 63.7 Å². The number of amides is 1. The first-order valence-electron chi connectivity index (χ1n) is 9.08. The topological polar surface area (TPSA) is 51.0 Å². The quantitative estimate of drug-likeness (QED) is 0.679. The highest BCUT2D eigenvalue weighted by molar-refractivity contribution is 7.99. The Morgan fingerprint density at radius 1 is 1.38 bits per heavy atom. The van der Waals surface area contributed by atoms with E-state index >= 15 is 0 Å². The lowest BCUT2D eigenvalue weighted by Gasteiger charge is -2.32. The van der Waals surface area contributed by atoms with E-state index in [1.54, 1.807) is 6.33 Å². The monoisotopic (exact) mass is 392 g/mol. The molecule has 0 saturated heterocycles. The van der Waals surface area contributed by atoms with Gasteiger partial charge in [-0.15, -0.1) is 10.2 Å². The van der Waals surface area contributed by atoms with Gasteiger partial charge in [0.25, 0.3) is 0 Å². The number of halogens is 1. The van der Waals surface area contributed by atoms with E-state index in [0.29, 0.717) is 22.0 Å². The molecule has 1 heterocycles. The van der Waals surface area contributed by atoms with E-state index < -0.39 is 0 Å². The van der Waals surface area contributed by atoms with E-state index in [1.165, 1.54) is 24.6 Å². The highest BCUT2D eigenvalue weighted by Gasteiger charge is 2.28. The summed E-state index contributed by atoms with van der Waals surface area (Å²) in [5, 5.41) is 9.60. The molecule has 5 nitrogen and oxygen atoms in total. The Labute approximate surface area is 164 Å². The number of hydrogen-bond acceptors (Lipinski definition) is 4. The van der Waals surface area contributed by atoms with Gasteiger partial charge in [0.1, 0.15) is 6.33 Å². The first kappa shape index (κ1) is 19.2. The minimum atomic E-state index is 0.174. The van der Waals surface area contributed by atoms with Gasteiger partial charge in [-0.2, -0.15) is 0 Å². The second-order valence-electron chi connectivity index (χ2n) is 7.04. The van der Waals surface area contributed by atoms with Gasteiger partial charge in [-0.05, 0) is 51.3 Å². The van der Waals surface area contributed by atoms with Crippen LogP contribution in [0.25, 0.3) is 5.69 Å². The third-order valence-electron chi connectivity index (χ3n) is 4.84. The summed E-state index contributed by atoms with van der Waals surface area (Å²) in [7, 11) is 0. The normalized spacial score (nSPS) is 15.0. The van der Waals surface area contributed by atoms with Gasteiger partial charge in [0.15, 0.2) is 5.16 Å². The van der Waals surface area contributed by atoms with E-state index in [-0.39, 0.29) is 11.9 Å². The zero-order valence-corrected chi connectivity index (χ0v) is 17.1. The number of aromatic nitrogens is 3. The summed E-state index contributed by atoms with van der Waals surface area (Å²) in [4.78, 5) is 14.9. The zero-order chi connectivity index (χ0) is 18.7. The van der Waals surface area contributed by atoms with Crippen LogP contribution in [0, 0.1) is 6.92 Å². The van der Waals surface area contributed by atoms with Crippen LogP contribution >= 0.6 is 23.4 Å². The van der Waals surface area contributed by atoms with Crippen molar-refractivity contribution in [2.24, 2.45) is 0 Å². The number of rotatable bonds is 6. The van der Waals surface area contributed by atoms with E-state index in [2.05, 4.69) is 28.9 Å². The molecule has 140 valence electrons. The average molecular weight is 393 g/mol. The molecule has 1 aromatic carbocycles. The van der Waals surface area contributed by atoms with Gasteiger partial charge in [-0.3, -0.25) is 9.36 Å². The minimum absolute atomic E-state index is 0.174. The molecule has 1 saturated carbocycles. The van der Waals surface area contributed by atoms with Gasteiger partial charge in [0.2, 0.25) is 5.91 Å². The van der Waals surface area contributed by atoms with Crippen LogP contribution in [-0.2, 0) is 4.79 Å². The third-order valence-corrected chi connectivity index (χ3v) is 6.17. The molecule has 0 atom stereocenters. The van der Waals surface area contributed by atoms with Crippen LogP contribution in [0.1, 0.15) is 45.1 Å². The minimum Gasteiger partial charge on any atom is -0.337 e. The smallest absolute Gasteiger partial charge is 0.233 e. The summed E-state index contributed by atoms with van der Waals surface area (Å²) in [5.74, 6) is 0.542. The molecule has 0 aliphatic heterocycles. The van der Waals surface area contributed by atoms with E-state index in [9.17, 15) is 4.79 Å². The van der Waals surface area contributed by atoms with Crippen molar-refractivity contribution in [3.63, 3.8) is 0 Å². The molecule has 0 unspecified atom stereocenters. The molecule has 1 aromatic heterocycles. The molecule has 0 spiro atoms. The average Bonchev–Trinajstić information content (AvgIpc) is 3.27. The fraction of sp³-hybridized carbons (Fsp3) is 0.526. The number of thioether (sulfide) groups is 1. The summed E-state index contributed by atoms with van der Waals surface area (Å²) < 4.78 is 1.87. The first-order valence-corrected chi connectivity index (χ1v) is 10.4. The Bertz CT molecular complexity index is 771. The Morgan fingerprint density at radius 3 is 2.77 bits per heavy atom. The summed E-state index contributed by atoms with van der Waals surface area (Å²) in [6, 6.07) is 6.45. The van der Waals surface area contributed by atoms with Gasteiger partial charge in [0, 0.05) is 17.1 Å². The van der Waals surface area contributed by atoms with E-state index in [4.69, 9.17) is 11.6 Å². The Morgan fingerprint density at radius 2 is 2.12 bits per heavy atom. The van der Waals surface area contributed by atoms with Crippen molar-refractivity contribution >= 4 is 29.3 Å². The summed E-state index contributed by atoms with van der Waals surface area (Å²) in [5.41, 5.74) is 1.93. The molecule has 1 aliphatic carbocycles. The maximum absolute atomic E-state index is 12.8. The Kier molecular flexibility index (Phi) is 6.24. The van der Waals surface area contributed by atoms with Gasteiger partial charge in [-0.1, -0.05) is 42.3 Å². The van der Waals surface area contributed by atoms with Crippen LogP contribution in [0.15, 0.2) is 29.7 Å². The number of hydrogen-bond donors (Lipinski definition) is 0. The van der Waals surface area contributed by atoms with Gasteiger partial charge >= 0.3 is 0 Å². The molecule has 2 aromatic rings. The van der Waals surface area contributed by atoms with Crippen molar-refractivity contribution in [1.29, 1.82) is 0 Å². The van der Waals surface area contributed by atoms with Gasteiger partial charge in [0.05, 0.1) is 11.4 Å². The number of carbonyl (C=O) groups excluding carboxylic acids is 1. The number of benzene rings is 1. The van der Waals surface area contributed by atoms with Crippen LogP contribution in [0.5, 0.6) is 0 Å². The molecule has 0 N–H and O–H groups in total. The molecule has 3 rings (SSSR count). The van der Waals surface area contributed by atoms with Crippen molar-refractivity contribution in [2.75, 3.05) is 5.75 Å². The number of carbonyl (C=O) groups is 1. The molecule has 1 amide bonds. The predicted molar refractivity (Wildman–Crippen MR) is 106 cm³/mol. The van der Waals surface area contributed by atoms with E-state index in [0.717, 1.165) is 24.1 Å². The van der Waals surface area contributed by atoms with Crippen LogP contribution in [0.3, 0.4) is 0 Å². The summed E-state index contributed by atoms with van der Waals surface area (Å²) in [6.07, 6.45) is 6.33. The molecule has 0 bridgehead atoms. The molecule has 1 fully saturated rings. The van der Waals surface area contributed by atoms with Crippen molar-refractivity contribution in [1.82, 2.24) is 19.7 Å². The lowest BCUT2D eigenvalue weighted by molar-refractivity contribution is -0.132. The van der Waals surface area contributed by atoms with Crippen LogP contribution in [0.4, 0.5) is 0 Å². The lowest BCUT2D eigenvalue weighted by Crippen LogP contribution is -2.44. The molecule has 7 heteroatoms. The molecule has 1 aliphatic rings. The highest BCUT2D eigenvalue weighted by atomic mass is 35.5. The van der Waals surface area contributed by atoms with Crippen molar-refractivity contribution in [3.8, 4) is 5.69 Å². The largest absolute Gasteiger partial charge is 0.337 e. The van der Waals surface area contributed by atoms with Crippen LogP contribution in [-0.4, -0.2) is 43.4 Å². The predicted octanol–water partition coefficient (Wildman–Crippen LogP) is 4.50. The third kappa shape index (κ3) is 4.23. The van der Waals surface area contributed by atoms with Crippen LogP contribution < -0.4 is 0 Å². The molecular weight excluding hydrogens is 368 g/mol. The first-order chi connectivity index (χ1) is 12.5. The zero-order valence-electron chi connectivity index (χ0n) is 15.5. The van der Waals surface area contributed by atoms with Gasteiger partial charge < -0.3 is 4.90 Å². The fourth-order valence-electron chi connectivity index (χ4n) is 3.53. The molecular formula is C19H25ClN4OS. The SMILES string of the molecule is Cc1ccc(-n2cnnc2SCC(=O)N(C(C)C)C2CCCC2)cc1Cl. The van der Waals surface area contributed by atoms with Crippen molar-refractivity contribution < 1.29 is 4.79 Å². The standard InChI is InChI=1S/C19H25ClN4OS/c1-13(2)24(15-6-4-5-7-15)18(25)11-26-19-22-21-12-23(19)16-9-8-14(3)17(20)10-16/h8-10,12-13,15H,4-7,11H2,1-3H3. The second kappa shape index (κ2) is 8.44. The summed E-state index contributed by atoms with van der Waals surface area (Å²) >= 11 is 7.66. The Hall–Kier alpha value is -1.53. The lowest BCUT2D eigenvalue weighted by atomic mass is 10.1. The van der Waals surface area contributed by atoms with E-state index in [1.807, 2.05) is 29.7 Å². The maximum Gasteiger partial charge on any atom is 0.233 e. The van der Waals surface area contributed by atoms with Crippen molar-refractivity contribution in [3.05, 3.63) is 35.1 Å². The molecule has 26 heavy (non-hydrogen) atoms. The number of nitrogens with zero attached hydrogens (tertiary/aromatic N) is 4. The second-order valence-corrected chi connectivity index (χ2v) is 8.39. The van der Waals surface area contributed by atoms with Gasteiger partial charge in [-0.25, -0.2) is 0 Å². The highest BCUT2D eigenvalue weighted by Crippen LogP contribution is 2.28. The molecule has 0 radical (unpaired) electrons. The number of aryl methyl sites for hydroxylation is 1. The summed E-state index contributed by atoms with van der Waals surface area (Å²) in [6.45, 7) is 6.16. The fourth-order valence-corrected chi connectivity index (χ4v) is 4.50. The maximum atomic E-state index is 12.8. The van der Waals surface area contributed by atoms with Crippen LogP contribution in [0.2, 0.25) is 5.02 Å².